The van der Waals surface area contributed by atoms with Crippen molar-refractivity contribution >= 4 is 42.7 Å². The Morgan fingerprint density at radius 2 is 1.07 bits per heavy atom. The molecule has 0 aliphatic carbocycles. The molecule has 6 nitrogen and oxygen atoms in total. The largest absolute Gasteiger partial charge is 0.237 e. The third-order valence-electron chi connectivity index (χ3n) is 7.08. The Balaban J connectivity index is 1.32. The zero-order valence-corrected chi connectivity index (χ0v) is 22.5. The first-order valence-corrected chi connectivity index (χ1v) is 14.0. The highest BCUT2D eigenvalue weighted by Crippen LogP contribution is 2.38. The fourth-order valence-electron chi connectivity index (χ4n) is 5.03. The molecule has 0 aliphatic heterocycles. The number of para-hydroxylation sites is 1. The average molecular weight is 545 g/mol. The molecule has 0 unspecified atom stereocenters. The number of fused-ring (bicyclic) bond motifs is 4. The zero-order valence-electron chi connectivity index (χ0n) is 21.6. The highest BCUT2D eigenvalue weighted by molar-refractivity contribution is 7.25. The number of hydrogen-bond donors (Lipinski definition) is 0. The molecule has 41 heavy (non-hydrogen) atoms. The van der Waals surface area contributed by atoms with Crippen molar-refractivity contribution in [3.8, 4) is 45.4 Å². The summed E-state index contributed by atoms with van der Waals surface area (Å²) in [7, 11) is 0. The topological polar surface area (TPSA) is 77.3 Å². The maximum atomic E-state index is 4.95. The molecule has 7 heteroatoms. The molecule has 0 amide bonds. The van der Waals surface area contributed by atoms with Gasteiger partial charge in [0.15, 0.2) is 17.5 Å². The summed E-state index contributed by atoms with van der Waals surface area (Å²) in [5, 5.41) is 2.08. The monoisotopic (exact) mass is 544 g/mol. The fourth-order valence-corrected chi connectivity index (χ4v) is 6.14. The molecular weight excluding hydrogens is 524 g/mol. The summed E-state index contributed by atoms with van der Waals surface area (Å²) in [6, 6.07) is 38.9. The summed E-state index contributed by atoms with van der Waals surface area (Å²) < 4.78 is 0.904. The van der Waals surface area contributed by atoms with Crippen molar-refractivity contribution in [2.75, 3.05) is 0 Å². The molecule has 8 rings (SSSR count). The lowest BCUT2D eigenvalue weighted by Gasteiger charge is -2.09. The summed E-state index contributed by atoms with van der Waals surface area (Å²) in [4.78, 5) is 29.9. The minimum absolute atomic E-state index is 0.504. The minimum atomic E-state index is 0.504. The highest BCUT2D eigenvalue weighted by Gasteiger charge is 2.19. The van der Waals surface area contributed by atoms with Gasteiger partial charge in [0.2, 0.25) is 0 Å². The van der Waals surface area contributed by atoms with Crippen molar-refractivity contribution in [3.05, 3.63) is 122 Å². The van der Waals surface area contributed by atoms with Crippen LogP contribution >= 0.6 is 11.3 Å². The Morgan fingerprint density at radius 3 is 1.83 bits per heavy atom. The Bertz CT molecular complexity index is 2190. The van der Waals surface area contributed by atoms with Crippen LogP contribution in [0.15, 0.2) is 122 Å². The number of hydrogen-bond acceptors (Lipinski definition) is 7. The number of nitrogens with zero attached hydrogens (tertiary/aromatic N) is 6. The van der Waals surface area contributed by atoms with Gasteiger partial charge >= 0.3 is 0 Å². The molecular formula is C34H20N6S. The average Bonchev–Trinajstić information content (AvgIpc) is 3.42. The van der Waals surface area contributed by atoms with E-state index in [0.29, 0.717) is 23.2 Å². The molecule has 4 heterocycles. The Hall–Kier alpha value is -5.40. The smallest absolute Gasteiger partial charge is 0.184 e. The van der Waals surface area contributed by atoms with E-state index in [1.54, 1.807) is 17.7 Å². The van der Waals surface area contributed by atoms with Gasteiger partial charge in [0.25, 0.3) is 0 Å². The normalized spacial score (nSPS) is 11.4. The van der Waals surface area contributed by atoms with Gasteiger partial charge in [-0.1, -0.05) is 103 Å². The standard InChI is InChI=1S/C34H20N6S/c1-3-9-21(10-4-1)22-15-17-24(18-16-22)32-38-31(23-11-5-2-6-12-23)39-33(40-32)29-30-28(35-20-36-29)26-19-25-13-7-8-14-27(25)37-34(26)41-30/h1-20H. The van der Waals surface area contributed by atoms with Gasteiger partial charge in [-0.3, -0.25) is 0 Å². The van der Waals surface area contributed by atoms with Crippen molar-refractivity contribution in [2.45, 2.75) is 0 Å². The van der Waals surface area contributed by atoms with Gasteiger partial charge in [-0.15, -0.1) is 11.3 Å². The SMILES string of the molecule is c1ccc(-c2ccc(-c3nc(-c4ccccc4)nc(-c4ncnc5c4sc4nc6ccccc6cc45)n3)cc2)cc1. The molecule has 4 aromatic heterocycles. The van der Waals surface area contributed by atoms with Crippen molar-refractivity contribution in [1.82, 2.24) is 29.9 Å². The number of rotatable bonds is 4. The van der Waals surface area contributed by atoms with Crippen LogP contribution in [0.25, 0.3) is 76.8 Å². The van der Waals surface area contributed by atoms with Crippen molar-refractivity contribution in [2.24, 2.45) is 0 Å². The summed E-state index contributed by atoms with van der Waals surface area (Å²) in [6.45, 7) is 0. The van der Waals surface area contributed by atoms with Crippen LogP contribution < -0.4 is 0 Å². The number of thiophene rings is 1. The quantitative estimate of drug-likeness (QED) is 0.222. The second-order valence-electron chi connectivity index (χ2n) is 9.65. The van der Waals surface area contributed by atoms with E-state index < -0.39 is 0 Å². The first-order valence-electron chi connectivity index (χ1n) is 13.2. The van der Waals surface area contributed by atoms with Crippen molar-refractivity contribution < 1.29 is 0 Å². The van der Waals surface area contributed by atoms with Gasteiger partial charge in [-0.25, -0.2) is 29.9 Å². The first-order chi connectivity index (χ1) is 20.3. The lowest BCUT2D eigenvalue weighted by Crippen LogP contribution is -2.01. The first kappa shape index (κ1) is 23.5. The fraction of sp³-hybridized carbons (Fsp3) is 0. The maximum absolute atomic E-state index is 4.95. The molecule has 0 aliphatic rings. The molecule has 0 saturated carbocycles. The molecule has 0 saturated heterocycles. The zero-order chi connectivity index (χ0) is 27.2. The van der Waals surface area contributed by atoms with Crippen molar-refractivity contribution in [3.63, 3.8) is 0 Å². The van der Waals surface area contributed by atoms with E-state index in [1.165, 1.54) is 0 Å². The lowest BCUT2D eigenvalue weighted by atomic mass is 10.0. The van der Waals surface area contributed by atoms with Gasteiger partial charge < -0.3 is 0 Å². The van der Waals surface area contributed by atoms with Gasteiger partial charge in [-0.05, 0) is 23.3 Å². The molecule has 4 aromatic carbocycles. The number of pyridine rings is 1. The van der Waals surface area contributed by atoms with Crippen LogP contribution in [0.4, 0.5) is 0 Å². The number of benzene rings is 4. The van der Waals surface area contributed by atoms with E-state index in [4.69, 9.17) is 19.9 Å². The van der Waals surface area contributed by atoms with E-state index in [0.717, 1.165) is 53.6 Å². The summed E-state index contributed by atoms with van der Waals surface area (Å²) in [5.74, 6) is 1.68. The maximum Gasteiger partial charge on any atom is 0.184 e. The van der Waals surface area contributed by atoms with Gasteiger partial charge in [-0.2, -0.15) is 0 Å². The van der Waals surface area contributed by atoms with Crippen LogP contribution in [0, 0.1) is 0 Å². The molecule has 0 N–H and O–H groups in total. The predicted molar refractivity (Wildman–Crippen MR) is 165 cm³/mol. The van der Waals surface area contributed by atoms with Crippen LogP contribution in [-0.2, 0) is 0 Å². The Kier molecular flexibility index (Phi) is 5.53. The second-order valence-corrected chi connectivity index (χ2v) is 10.7. The molecule has 0 bridgehead atoms. The third kappa shape index (κ3) is 4.20. The number of aromatic nitrogens is 6. The lowest BCUT2D eigenvalue weighted by molar-refractivity contribution is 1.06. The van der Waals surface area contributed by atoms with E-state index in [9.17, 15) is 0 Å². The summed E-state index contributed by atoms with van der Waals surface area (Å²) in [5.41, 5.74) is 6.58. The van der Waals surface area contributed by atoms with Crippen LogP contribution in [-0.4, -0.2) is 29.9 Å². The van der Waals surface area contributed by atoms with E-state index in [-0.39, 0.29) is 0 Å². The van der Waals surface area contributed by atoms with Crippen LogP contribution in [0.5, 0.6) is 0 Å². The van der Waals surface area contributed by atoms with Gasteiger partial charge in [0.1, 0.15) is 16.9 Å². The van der Waals surface area contributed by atoms with E-state index in [1.807, 2.05) is 66.7 Å². The minimum Gasteiger partial charge on any atom is -0.237 e. The Morgan fingerprint density at radius 1 is 0.488 bits per heavy atom. The summed E-state index contributed by atoms with van der Waals surface area (Å²) in [6.07, 6.45) is 1.58. The molecule has 0 atom stereocenters. The molecule has 192 valence electrons. The molecule has 0 spiro atoms. The highest BCUT2D eigenvalue weighted by atomic mass is 32.1. The van der Waals surface area contributed by atoms with Crippen LogP contribution in [0.3, 0.4) is 0 Å². The summed E-state index contributed by atoms with van der Waals surface area (Å²) >= 11 is 1.56. The third-order valence-corrected chi connectivity index (χ3v) is 8.17. The molecule has 0 fully saturated rings. The van der Waals surface area contributed by atoms with Crippen LogP contribution in [0.2, 0.25) is 0 Å². The van der Waals surface area contributed by atoms with Gasteiger partial charge in [0.05, 0.1) is 15.7 Å². The predicted octanol–water partition coefficient (Wildman–Crippen LogP) is 8.25. The Labute approximate surface area is 239 Å². The van der Waals surface area contributed by atoms with E-state index in [2.05, 4.69) is 58.5 Å². The second kappa shape index (κ2) is 9.66. The van der Waals surface area contributed by atoms with Crippen molar-refractivity contribution in [1.29, 1.82) is 0 Å². The molecule has 0 radical (unpaired) electrons. The van der Waals surface area contributed by atoms with Crippen LogP contribution in [0.1, 0.15) is 0 Å². The van der Waals surface area contributed by atoms with Gasteiger partial charge in [0, 0.05) is 21.9 Å². The van der Waals surface area contributed by atoms with E-state index >= 15 is 0 Å². The molecule has 8 aromatic rings.